The van der Waals surface area contributed by atoms with E-state index in [1.165, 1.54) is 24.0 Å². The lowest BCUT2D eigenvalue weighted by Gasteiger charge is -2.09. The molecule has 0 atom stereocenters. The van der Waals surface area contributed by atoms with Gasteiger partial charge in [-0.3, -0.25) is 0 Å². The first-order valence-corrected chi connectivity index (χ1v) is 5.45. The lowest BCUT2D eigenvalue weighted by molar-refractivity contribution is 0.413. The van der Waals surface area contributed by atoms with Crippen molar-refractivity contribution in [3.05, 3.63) is 35.4 Å². The van der Waals surface area contributed by atoms with Crippen LogP contribution in [0.4, 0.5) is 0 Å². The van der Waals surface area contributed by atoms with Crippen LogP contribution in [0.25, 0.3) is 0 Å². The summed E-state index contributed by atoms with van der Waals surface area (Å²) in [6, 6.07) is 8.97. The Labute approximate surface area is 87.7 Å². The minimum Gasteiger partial charge on any atom is -0.309 e. The Morgan fingerprint density at radius 1 is 1.07 bits per heavy atom. The average Bonchev–Trinajstić information content (AvgIpc) is 2.16. The van der Waals surface area contributed by atoms with Gasteiger partial charge < -0.3 is 4.90 Å². The molecule has 1 aromatic carbocycles. The minimum atomic E-state index is 1.13. The van der Waals surface area contributed by atoms with E-state index in [1.54, 1.807) is 0 Å². The quantitative estimate of drug-likeness (QED) is 0.691. The van der Waals surface area contributed by atoms with Crippen molar-refractivity contribution < 1.29 is 0 Å². The van der Waals surface area contributed by atoms with Gasteiger partial charge in [0.15, 0.2) is 0 Å². The van der Waals surface area contributed by atoms with Crippen LogP contribution in [0.2, 0.25) is 0 Å². The third-order valence-electron chi connectivity index (χ3n) is 2.38. The van der Waals surface area contributed by atoms with Crippen LogP contribution in [0, 0.1) is 0 Å². The van der Waals surface area contributed by atoms with Gasteiger partial charge in [-0.05, 0) is 38.1 Å². The zero-order valence-electron chi connectivity index (χ0n) is 9.59. The Hall–Kier alpha value is -0.820. The summed E-state index contributed by atoms with van der Waals surface area (Å²) in [6.45, 7) is 3.36. The van der Waals surface area contributed by atoms with E-state index in [0.29, 0.717) is 0 Å². The van der Waals surface area contributed by atoms with Crippen molar-refractivity contribution in [2.75, 3.05) is 20.6 Å². The number of hydrogen-bond acceptors (Lipinski definition) is 1. The molecule has 0 unspecified atom stereocenters. The molecular formula is C13H21N. The van der Waals surface area contributed by atoms with Crippen molar-refractivity contribution in [1.29, 1.82) is 0 Å². The number of aryl methyl sites for hydroxylation is 1. The molecule has 0 N–H and O–H groups in total. The summed E-state index contributed by atoms with van der Waals surface area (Å²) in [4.78, 5) is 2.23. The molecule has 0 bridgehead atoms. The Morgan fingerprint density at radius 3 is 2.29 bits per heavy atom. The van der Waals surface area contributed by atoms with Gasteiger partial charge in [-0.1, -0.05) is 37.6 Å². The monoisotopic (exact) mass is 191 g/mol. The normalized spacial score (nSPS) is 10.9. The van der Waals surface area contributed by atoms with Gasteiger partial charge in [0.05, 0.1) is 0 Å². The molecule has 0 aliphatic carbocycles. The molecule has 1 rings (SSSR count). The Balaban J connectivity index is 2.54. The molecule has 0 saturated heterocycles. The van der Waals surface area contributed by atoms with Gasteiger partial charge in [-0.15, -0.1) is 0 Å². The minimum absolute atomic E-state index is 1.13. The zero-order valence-corrected chi connectivity index (χ0v) is 9.59. The van der Waals surface area contributed by atoms with Gasteiger partial charge in [-0.25, -0.2) is 0 Å². The largest absolute Gasteiger partial charge is 0.309 e. The molecule has 0 fully saturated rings. The lowest BCUT2D eigenvalue weighted by atomic mass is 10.0. The topological polar surface area (TPSA) is 3.24 Å². The fourth-order valence-corrected chi connectivity index (χ4v) is 1.58. The molecule has 14 heavy (non-hydrogen) atoms. The first-order valence-electron chi connectivity index (χ1n) is 5.45. The number of likely N-dealkylation sites (N-methyl/N-ethyl adjacent to an activating group) is 1. The van der Waals surface area contributed by atoms with Gasteiger partial charge in [-0.2, -0.15) is 0 Å². The van der Waals surface area contributed by atoms with Gasteiger partial charge in [0, 0.05) is 6.54 Å². The fourth-order valence-electron chi connectivity index (χ4n) is 1.58. The number of benzene rings is 1. The predicted octanol–water partition coefficient (Wildman–Crippen LogP) is 2.74. The SMILES string of the molecule is CCCc1cccc(CCN(C)C)c1. The Kier molecular flexibility index (Phi) is 4.68. The molecule has 1 aromatic rings. The highest BCUT2D eigenvalue weighted by Crippen LogP contribution is 2.08. The van der Waals surface area contributed by atoms with Crippen molar-refractivity contribution in [3.8, 4) is 0 Å². The molecule has 1 nitrogen and oxygen atoms in total. The summed E-state index contributed by atoms with van der Waals surface area (Å²) in [7, 11) is 4.24. The summed E-state index contributed by atoms with van der Waals surface area (Å²) in [6.07, 6.45) is 3.59. The predicted molar refractivity (Wildman–Crippen MR) is 62.7 cm³/mol. The molecule has 0 amide bonds. The highest BCUT2D eigenvalue weighted by molar-refractivity contribution is 5.23. The second-order valence-electron chi connectivity index (χ2n) is 4.12. The van der Waals surface area contributed by atoms with E-state index in [1.807, 2.05) is 0 Å². The molecule has 0 spiro atoms. The van der Waals surface area contributed by atoms with Crippen LogP contribution in [0.3, 0.4) is 0 Å². The summed E-state index contributed by atoms with van der Waals surface area (Å²) in [5.41, 5.74) is 2.94. The van der Waals surface area contributed by atoms with Gasteiger partial charge in [0.25, 0.3) is 0 Å². The Morgan fingerprint density at radius 2 is 1.71 bits per heavy atom. The maximum Gasteiger partial charge on any atom is 0.00157 e. The van der Waals surface area contributed by atoms with Crippen molar-refractivity contribution in [1.82, 2.24) is 4.90 Å². The smallest absolute Gasteiger partial charge is 0.00157 e. The molecule has 1 heteroatoms. The lowest BCUT2D eigenvalue weighted by Crippen LogP contribution is -2.15. The molecule has 0 saturated carbocycles. The third kappa shape index (κ3) is 3.93. The third-order valence-corrected chi connectivity index (χ3v) is 2.38. The van der Waals surface area contributed by atoms with Crippen molar-refractivity contribution in [3.63, 3.8) is 0 Å². The van der Waals surface area contributed by atoms with Crippen molar-refractivity contribution in [2.45, 2.75) is 26.2 Å². The van der Waals surface area contributed by atoms with Gasteiger partial charge in [0.1, 0.15) is 0 Å². The zero-order chi connectivity index (χ0) is 10.4. The van der Waals surface area contributed by atoms with E-state index in [2.05, 4.69) is 50.2 Å². The second kappa shape index (κ2) is 5.82. The van der Waals surface area contributed by atoms with Crippen LogP contribution in [0.5, 0.6) is 0 Å². The van der Waals surface area contributed by atoms with Crippen LogP contribution >= 0.6 is 0 Å². The van der Waals surface area contributed by atoms with Gasteiger partial charge >= 0.3 is 0 Å². The summed E-state index contributed by atoms with van der Waals surface area (Å²) < 4.78 is 0. The number of nitrogens with zero attached hydrogens (tertiary/aromatic N) is 1. The van der Waals surface area contributed by atoms with Crippen LogP contribution in [-0.2, 0) is 12.8 Å². The Bertz CT molecular complexity index is 266. The van der Waals surface area contributed by atoms with Gasteiger partial charge in [0.2, 0.25) is 0 Å². The van der Waals surface area contributed by atoms with Crippen LogP contribution in [0.1, 0.15) is 24.5 Å². The molecule has 0 aliphatic rings. The molecule has 0 aliphatic heterocycles. The van der Waals surface area contributed by atoms with E-state index in [-0.39, 0.29) is 0 Å². The number of hydrogen-bond donors (Lipinski definition) is 0. The average molecular weight is 191 g/mol. The first-order chi connectivity index (χ1) is 6.72. The van der Waals surface area contributed by atoms with Crippen LogP contribution in [0.15, 0.2) is 24.3 Å². The van der Waals surface area contributed by atoms with E-state index < -0.39 is 0 Å². The summed E-state index contributed by atoms with van der Waals surface area (Å²) in [5, 5.41) is 0. The maximum absolute atomic E-state index is 2.34. The molecule has 0 heterocycles. The van der Waals surface area contributed by atoms with E-state index in [4.69, 9.17) is 0 Å². The van der Waals surface area contributed by atoms with Crippen molar-refractivity contribution in [2.24, 2.45) is 0 Å². The second-order valence-corrected chi connectivity index (χ2v) is 4.12. The highest BCUT2D eigenvalue weighted by atomic mass is 15.0. The van der Waals surface area contributed by atoms with Crippen LogP contribution in [-0.4, -0.2) is 25.5 Å². The number of rotatable bonds is 5. The maximum atomic E-state index is 2.34. The molecule has 0 aromatic heterocycles. The summed E-state index contributed by atoms with van der Waals surface area (Å²) in [5.74, 6) is 0. The molecule has 78 valence electrons. The standard InChI is InChI=1S/C13H21N/c1-4-6-12-7-5-8-13(11-12)9-10-14(2)3/h5,7-8,11H,4,6,9-10H2,1-3H3. The first kappa shape index (κ1) is 11.3. The van der Waals surface area contributed by atoms with E-state index in [0.717, 1.165) is 13.0 Å². The van der Waals surface area contributed by atoms with Crippen LogP contribution < -0.4 is 0 Å². The fraction of sp³-hybridized carbons (Fsp3) is 0.538. The van der Waals surface area contributed by atoms with Crippen molar-refractivity contribution >= 4 is 0 Å². The molecule has 0 radical (unpaired) electrons. The molecular weight excluding hydrogens is 170 g/mol. The highest BCUT2D eigenvalue weighted by Gasteiger charge is 1.96. The summed E-state index contributed by atoms with van der Waals surface area (Å²) >= 11 is 0. The van der Waals surface area contributed by atoms with E-state index in [9.17, 15) is 0 Å². The van der Waals surface area contributed by atoms with E-state index >= 15 is 0 Å².